The molecule has 0 aliphatic carbocycles. The Morgan fingerprint density at radius 1 is 1.00 bits per heavy atom. The van der Waals surface area contributed by atoms with Gasteiger partial charge in [-0.1, -0.05) is 12.1 Å². The Hall–Kier alpha value is -3.95. The molecule has 10 heteroatoms. The number of amides is 1. The van der Waals surface area contributed by atoms with Crippen molar-refractivity contribution >= 4 is 17.3 Å². The number of methoxy groups -OCH3 is 1. The highest BCUT2D eigenvalue weighted by molar-refractivity contribution is 6.08. The summed E-state index contributed by atoms with van der Waals surface area (Å²) < 4.78 is 67.6. The maximum absolute atomic E-state index is 13.9. The van der Waals surface area contributed by atoms with Crippen LogP contribution in [-0.4, -0.2) is 32.0 Å². The zero-order valence-corrected chi connectivity index (χ0v) is 20.9. The number of alkyl halides is 3. The van der Waals surface area contributed by atoms with E-state index in [-0.39, 0.29) is 18.3 Å². The van der Waals surface area contributed by atoms with Gasteiger partial charge in [-0.3, -0.25) is 4.79 Å². The fraction of sp³-hybridized carbons (Fsp3) is 0.296. The summed E-state index contributed by atoms with van der Waals surface area (Å²) in [6.07, 6.45) is -4.86. The summed E-state index contributed by atoms with van der Waals surface area (Å²) in [4.78, 5) is 14.6. The van der Waals surface area contributed by atoms with Gasteiger partial charge in [-0.2, -0.15) is 0 Å². The van der Waals surface area contributed by atoms with Crippen LogP contribution in [0.4, 0.5) is 28.9 Å². The van der Waals surface area contributed by atoms with Crippen molar-refractivity contribution in [1.29, 1.82) is 0 Å². The van der Waals surface area contributed by atoms with Crippen molar-refractivity contribution in [2.24, 2.45) is 0 Å². The van der Waals surface area contributed by atoms with E-state index in [0.29, 0.717) is 39.4 Å². The van der Waals surface area contributed by atoms with E-state index in [1.807, 2.05) is 0 Å². The van der Waals surface area contributed by atoms with Gasteiger partial charge in [0.25, 0.3) is 5.91 Å². The summed E-state index contributed by atoms with van der Waals surface area (Å²) >= 11 is 0. The van der Waals surface area contributed by atoms with Gasteiger partial charge in [0.1, 0.15) is 35.2 Å². The Morgan fingerprint density at radius 3 is 2.38 bits per heavy atom. The van der Waals surface area contributed by atoms with Crippen molar-refractivity contribution in [3.63, 3.8) is 0 Å². The molecule has 0 atom stereocenters. The monoisotopic (exact) mass is 518 g/mol. The summed E-state index contributed by atoms with van der Waals surface area (Å²) in [6.45, 7) is 5.24. The molecule has 0 aromatic heterocycles. The first kappa shape index (κ1) is 26.1. The summed E-state index contributed by atoms with van der Waals surface area (Å²) in [7, 11) is 2.97. The number of carbonyl (C=O) groups is 1. The second-order valence-electron chi connectivity index (χ2n) is 9.21. The van der Waals surface area contributed by atoms with Crippen LogP contribution in [0.25, 0.3) is 11.1 Å². The van der Waals surface area contributed by atoms with Crippen LogP contribution < -0.4 is 24.4 Å². The third-order valence-electron chi connectivity index (χ3n) is 6.12. The second-order valence-corrected chi connectivity index (χ2v) is 9.21. The first-order valence-electron chi connectivity index (χ1n) is 11.4. The van der Waals surface area contributed by atoms with Crippen LogP contribution in [0.1, 0.15) is 25.0 Å². The summed E-state index contributed by atoms with van der Waals surface area (Å²) in [5, 5.41) is 3.23. The first-order valence-corrected chi connectivity index (χ1v) is 11.4. The molecule has 0 fully saturated rings. The number of likely N-dealkylation sites (N-methyl/N-ethyl adjacent to an activating group) is 1. The van der Waals surface area contributed by atoms with Crippen LogP contribution in [0.5, 0.6) is 17.2 Å². The van der Waals surface area contributed by atoms with Crippen molar-refractivity contribution in [3.05, 3.63) is 65.5 Å². The first-order chi connectivity index (χ1) is 17.3. The summed E-state index contributed by atoms with van der Waals surface area (Å²) in [6, 6.07) is 11.5. The van der Waals surface area contributed by atoms with Crippen LogP contribution in [-0.2, 0) is 11.4 Å². The van der Waals surface area contributed by atoms with E-state index in [2.05, 4.69) is 10.1 Å². The van der Waals surface area contributed by atoms with Gasteiger partial charge in [0.2, 0.25) is 0 Å². The minimum atomic E-state index is -4.86. The molecule has 1 aliphatic heterocycles. The SMILES string of the molecule is COc1cc(OC(F)(F)F)ccc1-c1ccc2c(c1COc1cc(F)ccc1C)N(C)C(=O)C(C)(C)N2. The number of nitrogens with one attached hydrogen (secondary N) is 1. The van der Waals surface area contributed by atoms with Crippen molar-refractivity contribution in [2.45, 2.75) is 39.3 Å². The Balaban J connectivity index is 1.86. The average Bonchev–Trinajstić information content (AvgIpc) is 2.81. The lowest BCUT2D eigenvalue weighted by Crippen LogP contribution is -2.52. The topological polar surface area (TPSA) is 60.0 Å². The van der Waals surface area contributed by atoms with Crippen LogP contribution in [0, 0.1) is 12.7 Å². The third-order valence-corrected chi connectivity index (χ3v) is 6.12. The molecule has 1 heterocycles. The standard InChI is InChI=1S/C27H26F4N2O4/c1-15-6-7-16(28)12-22(15)36-14-20-18(10-11-21-24(20)33(4)25(34)26(2,3)32-21)19-9-8-17(13-23(19)35-5)37-27(29,30)31/h6-13,32H,14H2,1-5H3. The fourth-order valence-corrected chi connectivity index (χ4v) is 4.40. The fourth-order valence-electron chi connectivity index (χ4n) is 4.40. The van der Waals surface area contributed by atoms with E-state index >= 15 is 0 Å². The lowest BCUT2D eigenvalue weighted by atomic mass is 9.91. The number of hydrogen-bond donors (Lipinski definition) is 1. The van der Waals surface area contributed by atoms with Gasteiger partial charge in [-0.05, 0) is 56.2 Å². The molecule has 196 valence electrons. The quantitative estimate of drug-likeness (QED) is 0.380. The summed E-state index contributed by atoms with van der Waals surface area (Å²) in [5.74, 6) is -0.643. The molecule has 1 aliphatic rings. The molecule has 0 spiro atoms. The maximum Gasteiger partial charge on any atom is 0.573 e. The highest BCUT2D eigenvalue weighted by Gasteiger charge is 2.39. The number of ether oxygens (including phenoxy) is 3. The second kappa shape index (κ2) is 9.49. The number of benzene rings is 3. The molecular formula is C27H26F4N2O4. The third kappa shape index (κ3) is 5.28. The van der Waals surface area contributed by atoms with Crippen LogP contribution in [0.3, 0.4) is 0 Å². The van der Waals surface area contributed by atoms with Crippen LogP contribution >= 0.6 is 0 Å². The number of aryl methyl sites for hydroxylation is 1. The molecule has 1 amide bonds. The van der Waals surface area contributed by atoms with E-state index in [9.17, 15) is 22.4 Å². The molecule has 0 radical (unpaired) electrons. The largest absolute Gasteiger partial charge is 0.573 e. The molecule has 0 saturated heterocycles. The molecule has 1 N–H and O–H groups in total. The molecule has 37 heavy (non-hydrogen) atoms. The lowest BCUT2D eigenvalue weighted by molar-refractivity contribution is -0.274. The number of carbonyl (C=O) groups excluding carboxylic acids is 1. The zero-order valence-electron chi connectivity index (χ0n) is 20.9. The molecular weight excluding hydrogens is 492 g/mol. The van der Waals surface area contributed by atoms with Crippen molar-refractivity contribution < 1.29 is 36.6 Å². The highest BCUT2D eigenvalue weighted by atomic mass is 19.4. The van der Waals surface area contributed by atoms with E-state index in [1.54, 1.807) is 46.0 Å². The van der Waals surface area contributed by atoms with Gasteiger partial charge in [-0.15, -0.1) is 13.2 Å². The van der Waals surface area contributed by atoms with Crippen LogP contribution in [0.2, 0.25) is 0 Å². The molecule has 0 unspecified atom stereocenters. The number of fused-ring (bicyclic) bond motifs is 1. The smallest absolute Gasteiger partial charge is 0.496 e. The van der Waals surface area contributed by atoms with E-state index < -0.39 is 23.5 Å². The number of anilines is 2. The zero-order chi connectivity index (χ0) is 27.1. The number of rotatable bonds is 6. The minimum absolute atomic E-state index is 0.0630. The average molecular weight is 519 g/mol. The molecule has 6 nitrogen and oxygen atoms in total. The molecule has 0 saturated carbocycles. The minimum Gasteiger partial charge on any atom is -0.496 e. The van der Waals surface area contributed by atoms with Crippen molar-refractivity contribution in [1.82, 2.24) is 0 Å². The number of hydrogen-bond acceptors (Lipinski definition) is 5. The number of nitrogens with zero attached hydrogens (tertiary/aromatic N) is 1. The van der Waals surface area contributed by atoms with E-state index in [1.165, 1.54) is 36.3 Å². The van der Waals surface area contributed by atoms with Gasteiger partial charge < -0.3 is 24.4 Å². The molecule has 3 aromatic carbocycles. The van der Waals surface area contributed by atoms with Gasteiger partial charge in [0, 0.05) is 30.3 Å². The Bertz CT molecular complexity index is 1350. The Kier molecular flexibility index (Phi) is 6.70. The van der Waals surface area contributed by atoms with Crippen molar-refractivity contribution in [2.75, 3.05) is 24.4 Å². The van der Waals surface area contributed by atoms with E-state index in [0.717, 1.165) is 6.07 Å². The van der Waals surface area contributed by atoms with Crippen LogP contribution in [0.15, 0.2) is 48.5 Å². The lowest BCUT2D eigenvalue weighted by Gasteiger charge is -2.39. The van der Waals surface area contributed by atoms with Crippen molar-refractivity contribution in [3.8, 4) is 28.4 Å². The normalized spacial score (nSPS) is 14.6. The predicted octanol–water partition coefficient (Wildman–Crippen LogP) is 6.45. The number of halogens is 4. The predicted molar refractivity (Wildman–Crippen MR) is 132 cm³/mol. The molecule has 0 bridgehead atoms. The maximum atomic E-state index is 13.9. The Labute approximate surface area is 211 Å². The molecule has 3 aromatic rings. The highest BCUT2D eigenvalue weighted by Crippen LogP contribution is 2.45. The van der Waals surface area contributed by atoms with E-state index in [4.69, 9.17) is 9.47 Å². The van der Waals surface area contributed by atoms with Gasteiger partial charge in [0.05, 0.1) is 18.5 Å². The molecule has 4 rings (SSSR count). The Morgan fingerprint density at radius 2 is 1.70 bits per heavy atom. The van der Waals surface area contributed by atoms with Gasteiger partial charge >= 0.3 is 6.36 Å². The van der Waals surface area contributed by atoms with Gasteiger partial charge in [-0.25, -0.2) is 4.39 Å². The van der Waals surface area contributed by atoms with Gasteiger partial charge in [0.15, 0.2) is 0 Å². The summed E-state index contributed by atoms with van der Waals surface area (Å²) in [5.41, 5.74) is 2.62.